The monoisotopic (exact) mass is 268 g/mol. The second-order valence-corrected chi connectivity index (χ2v) is 6.63. The summed E-state index contributed by atoms with van der Waals surface area (Å²) in [6, 6.07) is 9.22. The predicted molar refractivity (Wildman–Crippen MR) is 69.0 cm³/mol. The number of benzene rings is 1. The van der Waals surface area contributed by atoms with Crippen molar-refractivity contribution in [2.45, 2.75) is 18.1 Å². The van der Waals surface area contributed by atoms with Crippen LogP contribution in [-0.4, -0.2) is 13.0 Å². The van der Waals surface area contributed by atoms with E-state index in [9.17, 15) is 13.0 Å². The van der Waals surface area contributed by atoms with Gasteiger partial charge in [-0.3, -0.25) is 4.55 Å². The average molecular weight is 268 g/mol. The summed E-state index contributed by atoms with van der Waals surface area (Å²) in [5, 5.41) is 0. The van der Waals surface area contributed by atoms with Crippen LogP contribution in [0.5, 0.6) is 0 Å². The van der Waals surface area contributed by atoms with Crippen LogP contribution in [0.25, 0.3) is 11.1 Å². The van der Waals surface area contributed by atoms with Crippen molar-refractivity contribution in [2.75, 3.05) is 0 Å². The van der Waals surface area contributed by atoms with Crippen molar-refractivity contribution in [3.63, 3.8) is 0 Å². The molecule has 0 bridgehead atoms. The summed E-state index contributed by atoms with van der Waals surface area (Å²) >= 11 is 1.10. The second kappa shape index (κ2) is 4.25. The van der Waals surface area contributed by atoms with Crippen LogP contribution in [0, 0.1) is 13.8 Å². The van der Waals surface area contributed by atoms with Gasteiger partial charge >= 0.3 is 10.1 Å². The van der Waals surface area contributed by atoms with Crippen molar-refractivity contribution in [3.8, 4) is 11.1 Å². The minimum Gasteiger partial charge on any atom is -0.281 e. The van der Waals surface area contributed by atoms with E-state index in [-0.39, 0.29) is 4.21 Å². The fourth-order valence-corrected chi connectivity index (χ4v) is 3.95. The van der Waals surface area contributed by atoms with Crippen LogP contribution >= 0.6 is 11.3 Å². The van der Waals surface area contributed by atoms with Crippen LogP contribution in [0.15, 0.2) is 34.5 Å². The molecule has 1 heterocycles. The molecule has 0 amide bonds. The summed E-state index contributed by atoms with van der Waals surface area (Å²) < 4.78 is 32.0. The van der Waals surface area contributed by atoms with Crippen molar-refractivity contribution in [2.24, 2.45) is 0 Å². The first-order chi connectivity index (χ1) is 7.91. The van der Waals surface area contributed by atoms with Crippen molar-refractivity contribution in [1.29, 1.82) is 0 Å². The van der Waals surface area contributed by atoms with E-state index in [1.54, 1.807) is 0 Å². The largest absolute Gasteiger partial charge is 0.304 e. The highest BCUT2D eigenvalue weighted by atomic mass is 32.3. The van der Waals surface area contributed by atoms with Gasteiger partial charge in [-0.2, -0.15) is 8.42 Å². The number of thiophene rings is 1. The average Bonchev–Trinajstić information content (AvgIpc) is 2.57. The highest BCUT2D eigenvalue weighted by Gasteiger charge is 2.22. The topological polar surface area (TPSA) is 54.4 Å². The first-order valence-electron chi connectivity index (χ1n) is 5.04. The third kappa shape index (κ3) is 2.26. The Labute approximate surface area is 104 Å². The molecular weight excluding hydrogens is 256 g/mol. The summed E-state index contributed by atoms with van der Waals surface area (Å²) in [6.45, 7) is 3.71. The van der Waals surface area contributed by atoms with Crippen molar-refractivity contribution >= 4 is 21.5 Å². The predicted octanol–water partition coefficient (Wildman–Crippen LogP) is 3.28. The van der Waals surface area contributed by atoms with Crippen LogP contribution in [0.1, 0.15) is 10.4 Å². The van der Waals surface area contributed by atoms with Gasteiger partial charge in [-0.15, -0.1) is 11.3 Å². The fraction of sp³-hybridized carbons (Fsp3) is 0.167. The number of hydrogen-bond acceptors (Lipinski definition) is 3. The highest BCUT2D eigenvalue weighted by molar-refractivity contribution is 7.88. The molecule has 0 radical (unpaired) electrons. The van der Waals surface area contributed by atoms with Gasteiger partial charge in [0.1, 0.15) is 0 Å². The van der Waals surface area contributed by atoms with Gasteiger partial charge in [-0.05, 0) is 25.0 Å². The van der Waals surface area contributed by atoms with Gasteiger partial charge in [-0.25, -0.2) is 0 Å². The van der Waals surface area contributed by atoms with Gasteiger partial charge < -0.3 is 0 Å². The van der Waals surface area contributed by atoms with E-state index in [0.717, 1.165) is 27.3 Å². The SMILES string of the molecule is Cc1sc(S(=O)(=O)O)c(-c2ccccc2)c1C. The summed E-state index contributed by atoms with van der Waals surface area (Å²) in [5.74, 6) is 0. The maximum Gasteiger partial charge on any atom is 0.304 e. The standard InChI is InChI=1S/C12H12O3S2/c1-8-9(2)16-12(17(13,14)15)11(8)10-6-4-3-5-7-10/h3-7H,1-2H3,(H,13,14,15). The van der Waals surface area contributed by atoms with Crippen LogP contribution in [-0.2, 0) is 10.1 Å². The van der Waals surface area contributed by atoms with E-state index in [1.807, 2.05) is 44.2 Å². The number of hydrogen-bond donors (Lipinski definition) is 1. The number of aryl methyl sites for hydroxylation is 1. The quantitative estimate of drug-likeness (QED) is 0.850. The van der Waals surface area contributed by atoms with Crippen molar-refractivity contribution in [1.82, 2.24) is 0 Å². The zero-order valence-corrected chi connectivity index (χ0v) is 11.1. The third-order valence-corrected chi connectivity index (χ3v) is 5.21. The first-order valence-corrected chi connectivity index (χ1v) is 7.30. The molecule has 1 N–H and O–H groups in total. The van der Waals surface area contributed by atoms with E-state index in [4.69, 9.17) is 0 Å². The van der Waals surface area contributed by atoms with E-state index in [2.05, 4.69) is 0 Å². The lowest BCUT2D eigenvalue weighted by Crippen LogP contribution is -1.97. The molecule has 0 aliphatic heterocycles. The van der Waals surface area contributed by atoms with Crippen LogP contribution in [0.2, 0.25) is 0 Å². The first kappa shape index (κ1) is 12.3. The summed E-state index contributed by atoms with van der Waals surface area (Å²) in [4.78, 5) is 0.900. The Morgan fingerprint density at radius 3 is 2.24 bits per heavy atom. The maximum atomic E-state index is 11.4. The number of rotatable bonds is 2. The van der Waals surface area contributed by atoms with E-state index >= 15 is 0 Å². The zero-order chi connectivity index (χ0) is 12.6. The molecule has 0 unspecified atom stereocenters. The molecule has 0 atom stereocenters. The molecule has 2 aromatic rings. The Hall–Kier alpha value is -1.17. The maximum absolute atomic E-state index is 11.4. The Balaban J connectivity index is 2.78. The van der Waals surface area contributed by atoms with Gasteiger partial charge in [0.15, 0.2) is 4.21 Å². The minimum absolute atomic E-state index is 0.0266. The van der Waals surface area contributed by atoms with Gasteiger partial charge in [0.2, 0.25) is 0 Å². The lowest BCUT2D eigenvalue weighted by Gasteiger charge is -2.03. The van der Waals surface area contributed by atoms with Crippen LogP contribution < -0.4 is 0 Å². The lowest BCUT2D eigenvalue weighted by atomic mass is 10.0. The summed E-state index contributed by atoms with van der Waals surface area (Å²) in [5.41, 5.74) is 2.31. The molecule has 0 saturated carbocycles. The van der Waals surface area contributed by atoms with Gasteiger partial charge in [-0.1, -0.05) is 30.3 Å². The molecular formula is C12H12O3S2. The minimum atomic E-state index is -4.16. The Morgan fingerprint density at radius 2 is 1.71 bits per heavy atom. The molecule has 17 heavy (non-hydrogen) atoms. The molecule has 5 heteroatoms. The van der Waals surface area contributed by atoms with E-state index in [0.29, 0.717) is 5.56 Å². The summed E-state index contributed by atoms with van der Waals surface area (Å²) in [6.07, 6.45) is 0. The van der Waals surface area contributed by atoms with E-state index < -0.39 is 10.1 Å². The zero-order valence-electron chi connectivity index (χ0n) is 9.47. The molecule has 3 nitrogen and oxygen atoms in total. The molecule has 2 rings (SSSR count). The molecule has 0 spiro atoms. The van der Waals surface area contributed by atoms with Crippen molar-refractivity contribution < 1.29 is 13.0 Å². The van der Waals surface area contributed by atoms with Crippen LogP contribution in [0.4, 0.5) is 0 Å². The molecule has 1 aromatic heterocycles. The highest BCUT2D eigenvalue weighted by Crippen LogP contribution is 2.38. The Kier molecular flexibility index (Phi) is 3.07. The Morgan fingerprint density at radius 1 is 1.12 bits per heavy atom. The van der Waals surface area contributed by atoms with Gasteiger partial charge in [0.05, 0.1) is 0 Å². The second-order valence-electron chi connectivity index (χ2n) is 3.79. The van der Waals surface area contributed by atoms with Crippen LogP contribution in [0.3, 0.4) is 0 Å². The fourth-order valence-electron chi connectivity index (χ4n) is 1.72. The third-order valence-electron chi connectivity index (χ3n) is 2.65. The van der Waals surface area contributed by atoms with E-state index in [1.165, 1.54) is 0 Å². The molecule has 0 fully saturated rings. The molecule has 0 aliphatic rings. The smallest absolute Gasteiger partial charge is 0.281 e. The van der Waals surface area contributed by atoms with Gasteiger partial charge in [0, 0.05) is 10.4 Å². The molecule has 0 saturated heterocycles. The lowest BCUT2D eigenvalue weighted by molar-refractivity contribution is 0.486. The summed E-state index contributed by atoms with van der Waals surface area (Å²) in [7, 11) is -4.16. The Bertz CT molecular complexity index is 640. The normalized spacial score (nSPS) is 11.7. The van der Waals surface area contributed by atoms with Gasteiger partial charge in [0.25, 0.3) is 0 Å². The van der Waals surface area contributed by atoms with Crippen molar-refractivity contribution in [3.05, 3.63) is 40.8 Å². The molecule has 90 valence electrons. The molecule has 0 aliphatic carbocycles. The molecule has 1 aromatic carbocycles.